The predicted octanol–water partition coefficient (Wildman–Crippen LogP) is 2.02. The van der Waals surface area contributed by atoms with Crippen LogP contribution in [-0.2, 0) is 6.54 Å². The Kier molecular flexibility index (Phi) is 4.61. The highest BCUT2D eigenvalue weighted by molar-refractivity contribution is 5.86. The number of aryl methyl sites for hydroxylation is 1. The van der Waals surface area contributed by atoms with Crippen molar-refractivity contribution >= 4 is 5.97 Å². The first-order valence-corrected chi connectivity index (χ1v) is 6.79. The van der Waals surface area contributed by atoms with Crippen LogP contribution in [0.4, 0.5) is 0 Å². The molecule has 2 rings (SSSR count). The molecule has 0 aliphatic carbocycles. The van der Waals surface area contributed by atoms with Gasteiger partial charge in [0.15, 0.2) is 0 Å². The van der Waals surface area contributed by atoms with Gasteiger partial charge in [-0.2, -0.15) is 0 Å². The van der Waals surface area contributed by atoms with Crippen LogP contribution in [0, 0.1) is 6.92 Å². The number of aliphatic hydroxyl groups excluding tert-OH is 1. The fourth-order valence-electron chi connectivity index (χ4n) is 2.80. The summed E-state index contributed by atoms with van der Waals surface area (Å²) in [6.07, 6.45) is 4.10. The number of carboxylic acid groups (broad SMARTS) is 1. The molecule has 1 aliphatic rings. The van der Waals surface area contributed by atoms with E-state index in [1.54, 1.807) is 6.92 Å². The quantitative estimate of drug-likeness (QED) is 0.825. The highest BCUT2D eigenvalue weighted by Gasteiger charge is 2.25. The van der Waals surface area contributed by atoms with E-state index >= 15 is 0 Å². The minimum absolute atomic E-state index is 0.0427. The minimum Gasteiger partial charge on any atom is -0.475 e. The van der Waals surface area contributed by atoms with Crippen molar-refractivity contribution in [2.45, 2.75) is 45.2 Å². The van der Waals surface area contributed by atoms with E-state index in [0.29, 0.717) is 23.9 Å². The largest absolute Gasteiger partial charge is 0.475 e. The SMILES string of the molecule is Cc1cc(CN2CCCC2CCCO)oc1C(=O)O. The molecule has 0 radical (unpaired) electrons. The summed E-state index contributed by atoms with van der Waals surface area (Å²) in [4.78, 5) is 13.3. The third kappa shape index (κ3) is 3.36. The maximum atomic E-state index is 10.9. The Morgan fingerprint density at radius 1 is 1.58 bits per heavy atom. The average molecular weight is 267 g/mol. The zero-order valence-corrected chi connectivity index (χ0v) is 11.3. The summed E-state index contributed by atoms with van der Waals surface area (Å²) in [5.74, 6) is -0.256. The predicted molar refractivity (Wildman–Crippen MR) is 70.2 cm³/mol. The van der Waals surface area contributed by atoms with Gasteiger partial charge in [0.1, 0.15) is 5.76 Å². The van der Waals surface area contributed by atoms with Gasteiger partial charge in [-0.05, 0) is 45.2 Å². The second kappa shape index (κ2) is 6.21. The number of aromatic carboxylic acids is 1. The van der Waals surface area contributed by atoms with Gasteiger partial charge in [-0.3, -0.25) is 4.90 Å². The van der Waals surface area contributed by atoms with Crippen molar-refractivity contribution in [3.8, 4) is 0 Å². The Labute approximate surface area is 112 Å². The summed E-state index contributed by atoms with van der Waals surface area (Å²) in [5.41, 5.74) is 0.675. The van der Waals surface area contributed by atoms with Crippen molar-refractivity contribution in [2.24, 2.45) is 0 Å². The third-order valence-electron chi connectivity index (χ3n) is 3.72. The first-order valence-electron chi connectivity index (χ1n) is 6.79. The second-order valence-electron chi connectivity index (χ2n) is 5.16. The second-order valence-corrected chi connectivity index (χ2v) is 5.16. The molecule has 0 aromatic carbocycles. The number of carboxylic acids is 1. The molecule has 1 aliphatic heterocycles. The van der Waals surface area contributed by atoms with E-state index in [-0.39, 0.29) is 12.4 Å². The third-order valence-corrected chi connectivity index (χ3v) is 3.72. The Hall–Kier alpha value is -1.33. The Balaban J connectivity index is 2.00. The highest BCUT2D eigenvalue weighted by atomic mass is 16.4. The summed E-state index contributed by atoms with van der Waals surface area (Å²) in [6, 6.07) is 2.29. The van der Waals surface area contributed by atoms with Crippen molar-refractivity contribution < 1.29 is 19.4 Å². The van der Waals surface area contributed by atoms with E-state index < -0.39 is 5.97 Å². The van der Waals surface area contributed by atoms with Crippen molar-refractivity contribution in [1.82, 2.24) is 4.90 Å². The molecular formula is C14H21NO4. The Bertz CT molecular complexity index is 441. The number of carbonyl (C=O) groups is 1. The maximum absolute atomic E-state index is 10.9. The van der Waals surface area contributed by atoms with Crippen LogP contribution in [-0.4, -0.2) is 40.3 Å². The molecule has 2 N–H and O–H groups in total. The van der Waals surface area contributed by atoms with Crippen LogP contribution in [0.1, 0.15) is 47.6 Å². The van der Waals surface area contributed by atoms with Gasteiger partial charge in [-0.15, -0.1) is 0 Å². The fraction of sp³-hybridized carbons (Fsp3) is 0.643. The molecule has 0 amide bonds. The molecule has 19 heavy (non-hydrogen) atoms. The van der Waals surface area contributed by atoms with E-state index in [0.717, 1.165) is 32.2 Å². The summed E-state index contributed by atoms with van der Waals surface area (Å²) < 4.78 is 5.40. The number of furan rings is 1. The van der Waals surface area contributed by atoms with E-state index in [2.05, 4.69) is 4.90 Å². The van der Waals surface area contributed by atoms with Crippen LogP contribution in [0.3, 0.4) is 0 Å². The number of likely N-dealkylation sites (tertiary alicyclic amines) is 1. The van der Waals surface area contributed by atoms with Crippen molar-refractivity contribution in [2.75, 3.05) is 13.2 Å². The Morgan fingerprint density at radius 3 is 3.00 bits per heavy atom. The molecule has 0 spiro atoms. The maximum Gasteiger partial charge on any atom is 0.372 e. The lowest BCUT2D eigenvalue weighted by atomic mass is 10.1. The molecule has 1 aromatic rings. The average Bonchev–Trinajstić information content (AvgIpc) is 2.94. The number of hydrogen-bond acceptors (Lipinski definition) is 4. The van der Waals surface area contributed by atoms with E-state index in [1.165, 1.54) is 0 Å². The van der Waals surface area contributed by atoms with Gasteiger partial charge in [-0.25, -0.2) is 4.79 Å². The summed E-state index contributed by atoms with van der Waals surface area (Å²) in [6.45, 7) is 3.65. The molecule has 2 heterocycles. The topological polar surface area (TPSA) is 73.9 Å². The van der Waals surface area contributed by atoms with E-state index in [1.807, 2.05) is 6.07 Å². The van der Waals surface area contributed by atoms with Crippen molar-refractivity contribution in [1.29, 1.82) is 0 Å². The van der Waals surface area contributed by atoms with E-state index in [4.69, 9.17) is 14.6 Å². The molecule has 1 aromatic heterocycles. The number of nitrogens with zero attached hydrogens (tertiary/aromatic N) is 1. The van der Waals surface area contributed by atoms with Gasteiger partial charge in [-0.1, -0.05) is 0 Å². The molecule has 5 nitrogen and oxygen atoms in total. The highest BCUT2D eigenvalue weighted by Crippen LogP contribution is 2.25. The molecule has 1 unspecified atom stereocenters. The van der Waals surface area contributed by atoms with Crippen LogP contribution in [0.2, 0.25) is 0 Å². The van der Waals surface area contributed by atoms with Gasteiger partial charge in [0.25, 0.3) is 0 Å². The van der Waals surface area contributed by atoms with Gasteiger partial charge in [0, 0.05) is 18.2 Å². The van der Waals surface area contributed by atoms with Crippen LogP contribution in [0.25, 0.3) is 0 Å². The minimum atomic E-state index is -1.01. The molecule has 1 fully saturated rings. The van der Waals surface area contributed by atoms with Crippen LogP contribution < -0.4 is 0 Å². The lowest BCUT2D eigenvalue weighted by Gasteiger charge is -2.23. The lowest BCUT2D eigenvalue weighted by molar-refractivity contribution is 0.0656. The van der Waals surface area contributed by atoms with Crippen molar-refractivity contribution in [3.05, 3.63) is 23.2 Å². The van der Waals surface area contributed by atoms with Crippen molar-refractivity contribution in [3.63, 3.8) is 0 Å². The van der Waals surface area contributed by atoms with Crippen LogP contribution in [0.15, 0.2) is 10.5 Å². The smallest absolute Gasteiger partial charge is 0.372 e. The standard InChI is InChI=1S/C14H21NO4/c1-10-8-12(19-13(10)14(17)18)9-15-6-2-4-11(15)5-3-7-16/h8,11,16H,2-7,9H2,1H3,(H,17,18). The molecule has 5 heteroatoms. The van der Waals surface area contributed by atoms with Gasteiger partial charge < -0.3 is 14.6 Å². The van der Waals surface area contributed by atoms with Crippen LogP contribution >= 0.6 is 0 Å². The zero-order chi connectivity index (χ0) is 13.8. The van der Waals surface area contributed by atoms with Gasteiger partial charge in [0.2, 0.25) is 5.76 Å². The summed E-state index contributed by atoms with van der Waals surface area (Å²) >= 11 is 0. The molecule has 0 saturated carbocycles. The fourth-order valence-corrected chi connectivity index (χ4v) is 2.80. The van der Waals surface area contributed by atoms with Gasteiger partial charge in [0.05, 0.1) is 6.54 Å². The zero-order valence-electron chi connectivity index (χ0n) is 11.3. The summed E-state index contributed by atoms with van der Waals surface area (Å²) in [7, 11) is 0. The first-order chi connectivity index (χ1) is 9.11. The normalized spacial score (nSPS) is 20.0. The molecular weight excluding hydrogens is 246 g/mol. The first kappa shape index (κ1) is 14.1. The van der Waals surface area contributed by atoms with Crippen LogP contribution in [0.5, 0.6) is 0 Å². The summed E-state index contributed by atoms with van der Waals surface area (Å²) in [5, 5.41) is 17.9. The molecule has 0 bridgehead atoms. The number of rotatable bonds is 6. The van der Waals surface area contributed by atoms with E-state index in [9.17, 15) is 4.79 Å². The molecule has 1 saturated heterocycles. The van der Waals surface area contributed by atoms with Gasteiger partial charge >= 0.3 is 5.97 Å². The lowest BCUT2D eigenvalue weighted by Crippen LogP contribution is -2.28. The monoisotopic (exact) mass is 267 g/mol. The number of aliphatic hydroxyl groups is 1. The molecule has 106 valence electrons. The number of hydrogen-bond donors (Lipinski definition) is 2. The molecule has 1 atom stereocenters. The Morgan fingerprint density at radius 2 is 2.37 bits per heavy atom.